The lowest BCUT2D eigenvalue weighted by molar-refractivity contribution is -0.160. The number of amides is 1. The first-order chi connectivity index (χ1) is 10.2. The monoisotopic (exact) mass is 315 g/mol. The van der Waals surface area contributed by atoms with Crippen LogP contribution in [0.1, 0.15) is 66.2 Å². The van der Waals surface area contributed by atoms with Crippen molar-refractivity contribution in [3.05, 3.63) is 0 Å². The number of carbonyl (C=O) groups excluding carboxylic acids is 2. The predicted octanol–water partition coefficient (Wildman–Crippen LogP) is 2.51. The minimum Gasteiger partial charge on any atom is -0.481 e. The summed E-state index contributed by atoms with van der Waals surface area (Å²) in [5.41, 5.74) is -0.642. The summed E-state index contributed by atoms with van der Waals surface area (Å²) in [6.07, 6.45) is 3.07. The van der Waals surface area contributed by atoms with Crippen molar-refractivity contribution in [2.45, 2.75) is 71.8 Å². The normalized spacial score (nSPS) is 12.5. The number of carbonyl (C=O) groups is 3. The Morgan fingerprint density at radius 3 is 2.32 bits per heavy atom. The predicted molar refractivity (Wildman–Crippen MR) is 83.4 cm³/mol. The quantitative estimate of drug-likeness (QED) is 0.477. The highest BCUT2D eigenvalue weighted by atomic mass is 16.6. The second-order valence-corrected chi connectivity index (χ2v) is 6.42. The highest BCUT2D eigenvalue weighted by molar-refractivity contribution is 5.80. The first kappa shape index (κ1) is 20.4. The molecule has 1 atom stereocenters. The van der Waals surface area contributed by atoms with E-state index >= 15 is 0 Å². The van der Waals surface area contributed by atoms with Gasteiger partial charge in [0, 0.05) is 13.0 Å². The largest absolute Gasteiger partial charge is 0.481 e. The van der Waals surface area contributed by atoms with E-state index in [1.807, 2.05) is 0 Å². The zero-order valence-corrected chi connectivity index (χ0v) is 14.1. The molecule has 22 heavy (non-hydrogen) atoms. The van der Waals surface area contributed by atoms with Gasteiger partial charge in [0.25, 0.3) is 0 Å². The van der Waals surface area contributed by atoms with Crippen molar-refractivity contribution in [2.24, 2.45) is 5.92 Å². The van der Waals surface area contributed by atoms with Crippen LogP contribution in [0.4, 0.5) is 0 Å². The highest BCUT2D eigenvalue weighted by Crippen LogP contribution is 2.16. The van der Waals surface area contributed by atoms with Crippen LogP contribution in [-0.2, 0) is 19.1 Å². The molecule has 6 nitrogen and oxygen atoms in total. The van der Waals surface area contributed by atoms with Crippen LogP contribution >= 0.6 is 0 Å². The fraction of sp³-hybridized carbons (Fsp3) is 0.812. The summed E-state index contributed by atoms with van der Waals surface area (Å²) in [5.74, 6) is -2.70. The van der Waals surface area contributed by atoms with Gasteiger partial charge in [-0.15, -0.1) is 0 Å². The Kier molecular flexibility index (Phi) is 9.45. The van der Waals surface area contributed by atoms with Crippen LogP contribution < -0.4 is 5.32 Å². The Bertz CT molecular complexity index is 373. The Balaban J connectivity index is 4.17. The van der Waals surface area contributed by atoms with Gasteiger partial charge in [-0.1, -0.05) is 19.8 Å². The van der Waals surface area contributed by atoms with Crippen LogP contribution in [0.3, 0.4) is 0 Å². The molecule has 0 unspecified atom stereocenters. The van der Waals surface area contributed by atoms with Crippen molar-refractivity contribution < 1.29 is 24.2 Å². The van der Waals surface area contributed by atoms with Crippen molar-refractivity contribution in [1.82, 2.24) is 5.32 Å². The van der Waals surface area contributed by atoms with Crippen LogP contribution in [0.2, 0.25) is 0 Å². The van der Waals surface area contributed by atoms with E-state index in [1.165, 1.54) is 0 Å². The van der Waals surface area contributed by atoms with E-state index in [0.29, 0.717) is 6.54 Å². The van der Waals surface area contributed by atoms with Gasteiger partial charge in [-0.3, -0.25) is 14.4 Å². The minimum absolute atomic E-state index is 0.103. The molecule has 0 aliphatic carbocycles. The standard InChI is InChI=1S/C16H29NO5/c1-5-6-7-10-17-13(18)9-8-12(15(20)21)11-14(19)22-16(2,3)4/h12H,5-11H2,1-4H3,(H,17,18)(H,20,21)/t12-/m1/s1. The average molecular weight is 315 g/mol. The van der Waals surface area contributed by atoms with Crippen LogP contribution in [0.5, 0.6) is 0 Å². The van der Waals surface area contributed by atoms with Gasteiger partial charge in [-0.05, 0) is 33.6 Å². The van der Waals surface area contributed by atoms with E-state index in [0.717, 1.165) is 19.3 Å². The number of hydrogen-bond acceptors (Lipinski definition) is 4. The number of hydrogen-bond donors (Lipinski definition) is 2. The van der Waals surface area contributed by atoms with Gasteiger partial charge in [-0.25, -0.2) is 0 Å². The molecule has 0 saturated heterocycles. The van der Waals surface area contributed by atoms with E-state index in [4.69, 9.17) is 9.84 Å². The molecule has 6 heteroatoms. The lowest BCUT2D eigenvalue weighted by atomic mass is 9.99. The average Bonchev–Trinajstić information content (AvgIpc) is 2.37. The van der Waals surface area contributed by atoms with Gasteiger partial charge in [-0.2, -0.15) is 0 Å². The SMILES string of the molecule is CCCCCNC(=O)CC[C@H](CC(=O)OC(C)(C)C)C(=O)O. The summed E-state index contributed by atoms with van der Waals surface area (Å²) in [4.78, 5) is 34.5. The van der Waals surface area contributed by atoms with E-state index in [9.17, 15) is 14.4 Å². The van der Waals surface area contributed by atoms with Crippen molar-refractivity contribution >= 4 is 17.8 Å². The Hall–Kier alpha value is -1.59. The van der Waals surface area contributed by atoms with Crippen molar-refractivity contribution in [3.8, 4) is 0 Å². The first-order valence-electron chi connectivity index (χ1n) is 7.87. The maximum absolute atomic E-state index is 11.7. The summed E-state index contributed by atoms with van der Waals surface area (Å²) in [6.45, 7) is 7.87. The van der Waals surface area contributed by atoms with Crippen molar-refractivity contribution in [2.75, 3.05) is 6.54 Å². The third-order valence-electron chi connectivity index (χ3n) is 3.00. The van der Waals surface area contributed by atoms with Crippen LogP contribution in [0, 0.1) is 5.92 Å². The zero-order valence-electron chi connectivity index (χ0n) is 14.1. The summed E-state index contributed by atoms with van der Waals surface area (Å²) >= 11 is 0. The number of aliphatic carboxylic acids is 1. The van der Waals surface area contributed by atoms with Crippen LogP contribution in [0.15, 0.2) is 0 Å². The molecule has 128 valence electrons. The molecule has 0 bridgehead atoms. The molecule has 0 rings (SSSR count). The second kappa shape index (κ2) is 10.2. The number of nitrogens with one attached hydrogen (secondary N) is 1. The summed E-state index contributed by atoms with van der Waals surface area (Å²) in [5, 5.41) is 11.9. The Morgan fingerprint density at radius 2 is 1.82 bits per heavy atom. The maximum atomic E-state index is 11.7. The van der Waals surface area contributed by atoms with Crippen LogP contribution in [0.25, 0.3) is 0 Å². The van der Waals surface area contributed by atoms with Gasteiger partial charge >= 0.3 is 11.9 Å². The van der Waals surface area contributed by atoms with Gasteiger partial charge in [0.2, 0.25) is 5.91 Å². The van der Waals surface area contributed by atoms with Crippen molar-refractivity contribution in [1.29, 1.82) is 0 Å². The van der Waals surface area contributed by atoms with E-state index in [1.54, 1.807) is 20.8 Å². The molecule has 0 spiro atoms. The molecule has 0 aromatic heterocycles. The number of carboxylic acids is 1. The number of esters is 1. The molecule has 1 amide bonds. The number of carboxylic acid groups (broad SMARTS) is 1. The smallest absolute Gasteiger partial charge is 0.307 e. The zero-order chi connectivity index (χ0) is 17.2. The Morgan fingerprint density at radius 1 is 1.18 bits per heavy atom. The molecule has 2 N–H and O–H groups in total. The maximum Gasteiger partial charge on any atom is 0.307 e. The Labute approximate surface area is 132 Å². The van der Waals surface area contributed by atoms with E-state index < -0.39 is 23.5 Å². The molecular weight excluding hydrogens is 286 g/mol. The molecule has 0 aliphatic heterocycles. The highest BCUT2D eigenvalue weighted by Gasteiger charge is 2.25. The third-order valence-corrected chi connectivity index (χ3v) is 3.00. The lowest BCUT2D eigenvalue weighted by Gasteiger charge is -2.21. The van der Waals surface area contributed by atoms with Crippen LogP contribution in [-0.4, -0.2) is 35.1 Å². The lowest BCUT2D eigenvalue weighted by Crippen LogP contribution is -2.29. The third kappa shape index (κ3) is 11.1. The fourth-order valence-corrected chi connectivity index (χ4v) is 1.89. The summed E-state index contributed by atoms with van der Waals surface area (Å²) < 4.78 is 5.11. The van der Waals surface area contributed by atoms with Gasteiger partial charge in [0.1, 0.15) is 5.60 Å². The molecule has 0 saturated carbocycles. The van der Waals surface area contributed by atoms with E-state index in [2.05, 4.69) is 12.2 Å². The van der Waals surface area contributed by atoms with Gasteiger partial charge in [0.15, 0.2) is 0 Å². The molecular formula is C16H29NO5. The second-order valence-electron chi connectivity index (χ2n) is 6.42. The first-order valence-corrected chi connectivity index (χ1v) is 7.87. The molecule has 0 heterocycles. The summed E-state index contributed by atoms with van der Waals surface area (Å²) in [6, 6.07) is 0. The number of rotatable bonds is 10. The molecule has 0 aromatic rings. The number of ether oxygens (including phenoxy) is 1. The topological polar surface area (TPSA) is 92.7 Å². The van der Waals surface area contributed by atoms with Gasteiger partial charge in [0.05, 0.1) is 12.3 Å². The molecule has 0 fully saturated rings. The van der Waals surface area contributed by atoms with E-state index in [-0.39, 0.29) is 25.2 Å². The molecule has 0 aromatic carbocycles. The molecule has 0 aliphatic rings. The van der Waals surface area contributed by atoms with Crippen molar-refractivity contribution in [3.63, 3.8) is 0 Å². The molecule has 0 radical (unpaired) electrons. The summed E-state index contributed by atoms with van der Waals surface area (Å²) in [7, 11) is 0. The van der Waals surface area contributed by atoms with Gasteiger partial charge < -0.3 is 15.2 Å². The number of unbranched alkanes of at least 4 members (excludes halogenated alkanes) is 2. The fourth-order valence-electron chi connectivity index (χ4n) is 1.89. The minimum atomic E-state index is -1.08.